The zero-order valence-electron chi connectivity index (χ0n) is 21.1. The molecular formula is C26H34N4O4S. The van der Waals surface area contributed by atoms with Crippen LogP contribution in [-0.4, -0.2) is 40.9 Å². The van der Waals surface area contributed by atoms with Crippen LogP contribution >= 0.6 is 0 Å². The number of urea groups is 1. The number of carbonyl (C=O) groups excluding carboxylic acids is 2. The summed E-state index contributed by atoms with van der Waals surface area (Å²) in [4.78, 5) is 27.9. The van der Waals surface area contributed by atoms with E-state index < -0.39 is 27.6 Å². The van der Waals surface area contributed by atoms with Crippen LogP contribution in [-0.2, 0) is 46.9 Å². The SMILES string of the molecule is CN(C)Cc1ccc(S(=O)(=NC(=O)Nc2c3c(cc4c2CC4)CCC3)NC(=O)OC(C)(C)C)cc1. The quantitative estimate of drug-likeness (QED) is 0.615. The largest absolute Gasteiger partial charge is 0.443 e. The summed E-state index contributed by atoms with van der Waals surface area (Å²) in [5.74, 6) is 0. The number of fused-ring (bicyclic) bond motifs is 2. The predicted octanol–water partition coefficient (Wildman–Crippen LogP) is 4.83. The molecule has 2 aromatic carbocycles. The number of nitrogens with zero attached hydrogens (tertiary/aromatic N) is 2. The van der Waals surface area contributed by atoms with Crippen LogP contribution in [0, 0.1) is 0 Å². The Hall–Kier alpha value is -2.91. The van der Waals surface area contributed by atoms with Gasteiger partial charge in [0.2, 0.25) is 0 Å². The minimum atomic E-state index is -3.65. The van der Waals surface area contributed by atoms with Crippen LogP contribution in [0.15, 0.2) is 39.6 Å². The van der Waals surface area contributed by atoms with Gasteiger partial charge in [-0.3, -0.25) is 0 Å². The summed E-state index contributed by atoms with van der Waals surface area (Å²) in [6, 6.07) is 8.37. The first-order valence-corrected chi connectivity index (χ1v) is 13.4. The predicted molar refractivity (Wildman–Crippen MR) is 137 cm³/mol. The number of aryl methyl sites for hydroxylation is 2. The van der Waals surface area contributed by atoms with Gasteiger partial charge in [0, 0.05) is 12.2 Å². The average Bonchev–Trinajstić information content (AvgIpc) is 3.17. The fourth-order valence-corrected chi connectivity index (χ4v) is 5.85. The van der Waals surface area contributed by atoms with Gasteiger partial charge in [-0.1, -0.05) is 18.2 Å². The minimum Gasteiger partial charge on any atom is -0.443 e. The van der Waals surface area contributed by atoms with Crippen molar-refractivity contribution in [2.24, 2.45) is 4.36 Å². The van der Waals surface area contributed by atoms with Crippen LogP contribution in [0.4, 0.5) is 15.3 Å². The van der Waals surface area contributed by atoms with E-state index in [-0.39, 0.29) is 4.90 Å². The molecule has 0 aliphatic heterocycles. The lowest BCUT2D eigenvalue weighted by molar-refractivity contribution is 0.0571. The lowest BCUT2D eigenvalue weighted by atomic mass is 9.83. The van der Waals surface area contributed by atoms with Gasteiger partial charge in [-0.2, -0.15) is 0 Å². The van der Waals surface area contributed by atoms with Crippen molar-refractivity contribution < 1.29 is 18.5 Å². The molecule has 0 saturated heterocycles. The molecule has 3 amide bonds. The Kier molecular flexibility index (Phi) is 6.92. The average molecular weight is 499 g/mol. The van der Waals surface area contributed by atoms with E-state index >= 15 is 0 Å². The molecule has 2 aliphatic rings. The first kappa shape index (κ1) is 25.2. The number of hydrogen-bond donors (Lipinski definition) is 2. The summed E-state index contributed by atoms with van der Waals surface area (Å²) >= 11 is 0. The molecule has 2 N–H and O–H groups in total. The highest BCUT2D eigenvalue weighted by atomic mass is 32.2. The number of nitrogens with one attached hydrogen (secondary N) is 2. The van der Waals surface area contributed by atoms with E-state index in [0.29, 0.717) is 6.54 Å². The van der Waals surface area contributed by atoms with Gasteiger partial charge in [-0.05, 0) is 107 Å². The van der Waals surface area contributed by atoms with Crippen molar-refractivity contribution in [1.82, 2.24) is 9.62 Å². The van der Waals surface area contributed by atoms with E-state index in [0.717, 1.165) is 54.5 Å². The molecule has 8 nitrogen and oxygen atoms in total. The van der Waals surface area contributed by atoms with Crippen molar-refractivity contribution in [2.45, 2.75) is 69.9 Å². The Bertz CT molecular complexity index is 1270. The first-order valence-electron chi connectivity index (χ1n) is 11.9. The van der Waals surface area contributed by atoms with Crippen molar-refractivity contribution in [2.75, 3.05) is 19.4 Å². The van der Waals surface area contributed by atoms with Gasteiger partial charge in [0.15, 0.2) is 9.92 Å². The molecule has 2 aromatic rings. The van der Waals surface area contributed by atoms with E-state index in [1.807, 2.05) is 31.1 Å². The second-order valence-electron chi connectivity index (χ2n) is 10.4. The summed E-state index contributed by atoms with van der Waals surface area (Å²) in [7, 11) is 0.260. The van der Waals surface area contributed by atoms with Crippen LogP contribution in [0.25, 0.3) is 0 Å². The standard InChI is InChI=1S/C26H34N4O4S/c1-26(2,3)34-25(32)29-35(33,20-12-9-17(10-13-20)16-30(4)5)28-24(31)27-23-21-8-6-7-18(21)15-19-11-14-22(19)23/h9-10,12-13,15H,6-8,11,14,16H2,1-5H3,(H2,27,28,29,31,32,33). The second kappa shape index (κ2) is 9.62. The Morgan fingerprint density at radius 3 is 2.29 bits per heavy atom. The number of ether oxygens (including phenoxy) is 1. The number of hydrogen-bond acceptors (Lipinski definition) is 5. The molecule has 1 atom stereocenters. The smallest absolute Gasteiger partial charge is 0.420 e. The Balaban J connectivity index is 1.67. The number of anilines is 1. The molecule has 1 unspecified atom stereocenters. The molecule has 9 heteroatoms. The van der Waals surface area contributed by atoms with E-state index in [1.54, 1.807) is 32.9 Å². The summed E-state index contributed by atoms with van der Waals surface area (Å²) in [5.41, 5.74) is 5.81. The van der Waals surface area contributed by atoms with Crippen LogP contribution in [0.2, 0.25) is 0 Å². The van der Waals surface area contributed by atoms with E-state index in [2.05, 4.69) is 20.5 Å². The topological polar surface area (TPSA) is 100 Å². The number of carbonyl (C=O) groups is 2. The maximum atomic E-state index is 14.0. The zero-order valence-corrected chi connectivity index (χ0v) is 21.9. The van der Waals surface area contributed by atoms with Crippen molar-refractivity contribution in [1.29, 1.82) is 0 Å². The number of amides is 3. The summed E-state index contributed by atoms with van der Waals surface area (Å²) in [6.07, 6.45) is 3.95. The number of benzene rings is 2. The zero-order chi connectivity index (χ0) is 25.4. The van der Waals surface area contributed by atoms with Gasteiger partial charge in [0.1, 0.15) is 5.60 Å². The van der Waals surface area contributed by atoms with Gasteiger partial charge in [-0.15, -0.1) is 4.36 Å². The molecule has 4 rings (SSSR count). The van der Waals surface area contributed by atoms with Crippen molar-refractivity contribution in [3.8, 4) is 0 Å². The van der Waals surface area contributed by atoms with Crippen molar-refractivity contribution in [3.63, 3.8) is 0 Å². The fraction of sp³-hybridized carbons (Fsp3) is 0.462. The maximum Gasteiger partial charge on any atom is 0.420 e. The highest BCUT2D eigenvalue weighted by molar-refractivity contribution is 7.92. The van der Waals surface area contributed by atoms with Gasteiger partial charge >= 0.3 is 12.1 Å². The summed E-state index contributed by atoms with van der Waals surface area (Å²) in [5, 5.41) is 2.90. The number of rotatable bonds is 5. The first-order chi connectivity index (χ1) is 16.4. The minimum absolute atomic E-state index is 0.229. The normalized spacial score (nSPS) is 15.9. The highest BCUT2D eigenvalue weighted by Crippen LogP contribution is 2.39. The Morgan fingerprint density at radius 1 is 1.03 bits per heavy atom. The molecule has 188 valence electrons. The van der Waals surface area contributed by atoms with Gasteiger partial charge in [0.25, 0.3) is 0 Å². The highest BCUT2D eigenvalue weighted by Gasteiger charge is 2.28. The molecule has 2 aliphatic carbocycles. The molecule has 0 saturated carbocycles. The summed E-state index contributed by atoms with van der Waals surface area (Å²) in [6.45, 7) is 5.83. The Morgan fingerprint density at radius 2 is 1.69 bits per heavy atom. The third-order valence-corrected chi connectivity index (χ3v) is 7.83. The van der Waals surface area contributed by atoms with Crippen molar-refractivity contribution in [3.05, 3.63) is 58.1 Å². The summed E-state index contributed by atoms with van der Waals surface area (Å²) < 4.78 is 25.6. The van der Waals surface area contributed by atoms with E-state index in [4.69, 9.17) is 4.74 Å². The molecule has 35 heavy (non-hydrogen) atoms. The molecule has 0 radical (unpaired) electrons. The molecule has 0 spiro atoms. The fourth-order valence-electron chi connectivity index (χ4n) is 4.53. The van der Waals surface area contributed by atoms with Crippen molar-refractivity contribution >= 4 is 27.7 Å². The third kappa shape index (κ3) is 5.85. The van der Waals surface area contributed by atoms with Crippen LogP contribution < -0.4 is 10.0 Å². The lowest BCUT2D eigenvalue weighted by Gasteiger charge is -2.25. The monoisotopic (exact) mass is 498 g/mol. The second-order valence-corrected chi connectivity index (χ2v) is 12.3. The van der Waals surface area contributed by atoms with E-state index in [1.165, 1.54) is 11.1 Å². The maximum absolute atomic E-state index is 14.0. The molecule has 0 aromatic heterocycles. The van der Waals surface area contributed by atoms with Crippen LogP contribution in [0.5, 0.6) is 0 Å². The lowest BCUT2D eigenvalue weighted by Crippen LogP contribution is -2.37. The third-order valence-electron chi connectivity index (χ3n) is 6.05. The molecular weight excluding hydrogens is 464 g/mol. The van der Waals surface area contributed by atoms with Crippen LogP contribution in [0.3, 0.4) is 0 Å². The van der Waals surface area contributed by atoms with Gasteiger partial charge < -0.3 is 15.0 Å². The molecule has 0 heterocycles. The van der Waals surface area contributed by atoms with Crippen LogP contribution in [0.1, 0.15) is 55.0 Å². The van der Waals surface area contributed by atoms with E-state index in [9.17, 15) is 13.8 Å². The molecule has 0 bridgehead atoms. The molecule has 0 fully saturated rings. The van der Waals surface area contributed by atoms with Gasteiger partial charge in [-0.25, -0.2) is 18.5 Å². The van der Waals surface area contributed by atoms with Gasteiger partial charge in [0.05, 0.1) is 4.90 Å². The Labute approximate surface area is 207 Å².